The van der Waals surface area contributed by atoms with Crippen molar-refractivity contribution in [3.63, 3.8) is 0 Å². The molecule has 0 spiro atoms. The fraction of sp³-hybridized carbons (Fsp3) is 0.303. The average Bonchev–Trinajstić information content (AvgIpc) is 0.725. The Morgan fingerprint density at radius 3 is 0.787 bits per heavy atom. The number of rotatable bonds is 15. The molecule has 12 aromatic rings. The van der Waals surface area contributed by atoms with Gasteiger partial charge in [-0.3, -0.25) is 57.4 Å². The van der Waals surface area contributed by atoms with Gasteiger partial charge in [-0.05, 0) is 151 Å². The quantitative estimate of drug-likeness (QED) is 0.0282. The summed E-state index contributed by atoms with van der Waals surface area (Å²) in [6.07, 6.45) is 8.39. The highest BCUT2D eigenvalue weighted by Gasteiger charge is 2.43. The van der Waals surface area contributed by atoms with Gasteiger partial charge < -0.3 is 46.6 Å². The van der Waals surface area contributed by atoms with Crippen molar-refractivity contribution in [2.75, 3.05) is 71.2 Å². The second kappa shape index (κ2) is 40.8. The van der Waals surface area contributed by atoms with Gasteiger partial charge in [0.05, 0.1) is 117 Å². The van der Waals surface area contributed by atoms with E-state index in [9.17, 15) is 57.7 Å². The first-order valence-electron chi connectivity index (χ1n) is 43.9. The fourth-order valence-electron chi connectivity index (χ4n) is 18.8. The van der Waals surface area contributed by atoms with Crippen LogP contribution in [0.1, 0.15) is 151 Å². The number of fused-ring (bicyclic) bond motifs is 3. The molecule has 0 saturated carbocycles. The summed E-state index contributed by atoms with van der Waals surface area (Å²) < 4.78 is 141. The average molecular weight is 2050 g/mol. The summed E-state index contributed by atoms with van der Waals surface area (Å²) in [4.78, 5) is 119. The molecule has 6 N–H and O–H groups in total. The van der Waals surface area contributed by atoms with Crippen molar-refractivity contribution in [2.45, 2.75) is 158 Å². The van der Waals surface area contributed by atoms with E-state index in [1.165, 1.54) is 50.1 Å². The van der Waals surface area contributed by atoms with Crippen LogP contribution < -0.4 is 48.6 Å². The number of carbonyl (C=O) groups excluding carboxylic acids is 3. The van der Waals surface area contributed by atoms with Crippen molar-refractivity contribution in [2.24, 2.45) is 0 Å². The first-order chi connectivity index (χ1) is 66.5. The molecular formula is C99H90Cl6F9N21O6. The van der Waals surface area contributed by atoms with Crippen LogP contribution in [-0.2, 0) is 14.4 Å². The highest BCUT2D eigenvalue weighted by Crippen LogP contribution is 2.49. The predicted molar refractivity (Wildman–Crippen MR) is 530 cm³/mol. The van der Waals surface area contributed by atoms with E-state index >= 15 is 26.3 Å². The van der Waals surface area contributed by atoms with Crippen LogP contribution in [0, 0.1) is 107 Å². The van der Waals surface area contributed by atoms with Crippen molar-refractivity contribution in [1.82, 2.24) is 58.3 Å². The maximum atomic E-state index is 15.5. The van der Waals surface area contributed by atoms with Gasteiger partial charge in [0.2, 0.25) is 17.7 Å². The van der Waals surface area contributed by atoms with Crippen LogP contribution in [0.2, 0.25) is 30.1 Å². The Morgan fingerprint density at radius 1 is 0.383 bits per heavy atom. The van der Waals surface area contributed by atoms with E-state index in [-0.39, 0.29) is 193 Å². The number of nitrogens with two attached hydrogens (primary N) is 3. The van der Waals surface area contributed by atoms with E-state index in [1.807, 2.05) is 101 Å². The van der Waals surface area contributed by atoms with Crippen LogP contribution in [0.5, 0.6) is 0 Å². The smallest absolute Gasteiger partial charge is 0.276 e. The second-order valence-electron chi connectivity index (χ2n) is 35.3. The molecule has 0 unspecified atom stereocenters. The van der Waals surface area contributed by atoms with Crippen molar-refractivity contribution in [3.8, 4) is 69.0 Å². The number of benzene rings is 3. The van der Waals surface area contributed by atoms with Crippen LogP contribution in [0.15, 0.2) is 107 Å². The summed E-state index contributed by atoms with van der Waals surface area (Å²) >= 11 is 37.2. The lowest BCUT2D eigenvalue weighted by Gasteiger charge is -2.45. The molecule has 3 fully saturated rings. The number of aryl methyl sites for hydroxylation is 3. The molecule has 3 aliphatic rings. The van der Waals surface area contributed by atoms with Gasteiger partial charge in [-0.2, -0.15) is 15.8 Å². The highest BCUT2D eigenvalue weighted by atomic mass is 35.5. The van der Waals surface area contributed by atoms with E-state index in [4.69, 9.17) is 86.8 Å². The van der Waals surface area contributed by atoms with Crippen LogP contribution in [0.4, 0.5) is 73.6 Å². The molecule has 3 aromatic carbocycles. The van der Waals surface area contributed by atoms with E-state index in [2.05, 4.69) is 49.6 Å². The molecule has 3 amide bonds. The minimum Gasteiger partial charge on any atom is -0.395 e. The summed E-state index contributed by atoms with van der Waals surface area (Å²) in [5, 5.41) is 28.2. The lowest BCUT2D eigenvalue weighted by atomic mass is 10.0. The number of amides is 3. The SMILES string of the molecule is C=CC(=O)N1[C@H](C)CN(c2c(C#N)c(=O)n(-c3c(C)ccnc3C(C)C)c3nc(-c4c(F)c(N)c(Cl)c(F)c4F)c(Cl)cc23)C[C@@H]1C.C=CC(=O)N1[C@H](C)CN(c2c(C#N)c(=O)n(-c3c(C)ccnc3C(C)C)c3nc(-c4c(F)c(N)c(Cl)c(F)c4F)c(Cl)cc23)C[C@@H]1C.C=CC(=O)N1[C@H](C)CN(c2c(C#N)c(=O)n(-c3c(C)ccnc3C(C)C)c3nc(-c4c(F)c(N)c(Cl)c(F)c4F)c(Cl)cc23)C[C@@H]1C. The van der Waals surface area contributed by atoms with E-state index in [0.717, 1.165) is 0 Å². The third kappa shape index (κ3) is 18.1. The topological polar surface area (TPSA) is 363 Å². The third-order valence-corrected chi connectivity index (χ3v) is 26.9. The predicted octanol–water partition coefficient (Wildman–Crippen LogP) is 20.0. The van der Waals surface area contributed by atoms with E-state index in [1.54, 1.807) is 87.0 Å². The summed E-state index contributed by atoms with van der Waals surface area (Å²) in [6.45, 7) is 39.4. The van der Waals surface area contributed by atoms with Crippen molar-refractivity contribution in [3.05, 3.63) is 257 Å². The normalized spacial score (nSPS) is 16.6. The van der Waals surface area contributed by atoms with Gasteiger partial charge in [-0.1, -0.05) is 131 Å². The van der Waals surface area contributed by atoms with Crippen LogP contribution >= 0.6 is 69.6 Å². The van der Waals surface area contributed by atoms with Crippen molar-refractivity contribution < 1.29 is 53.9 Å². The number of carbonyl (C=O) groups is 3. The van der Waals surface area contributed by atoms with Gasteiger partial charge in [0.15, 0.2) is 52.4 Å². The zero-order chi connectivity index (χ0) is 104. The minimum atomic E-state index is -1.68. The standard InChI is InChI=1S/3C33H30Cl2F3N7O2/c3*1-7-21(46)44-16(5)12-43(13-17(44)6)31-18-10-20(34)29(22-24(36)26(38)23(35)27(40)25(22)37)42-32(18)45(33(47)19(31)11-39)30-15(4)8-9-41-28(30)14(2)3/h3*7-10,14,16-17H,1,12-13,40H2,2-6H3/t3*16-,17+. The number of halogens is 15. The summed E-state index contributed by atoms with van der Waals surface area (Å²) in [5.74, 6) is -15.4. The molecule has 9 aromatic heterocycles. The fourth-order valence-corrected chi connectivity index (χ4v) is 20.0. The van der Waals surface area contributed by atoms with Gasteiger partial charge in [0.25, 0.3) is 16.7 Å². The maximum Gasteiger partial charge on any atom is 0.276 e. The van der Waals surface area contributed by atoms with Gasteiger partial charge in [-0.25, -0.2) is 54.5 Å². The van der Waals surface area contributed by atoms with Gasteiger partial charge in [0, 0.05) is 110 Å². The maximum absolute atomic E-state index is 15.5. The first-order valence-corrected chi connectivity index (χ1v) is 46.1. The monoisotopic (exact) mass is 2050 g/mol. The third-order valence-electron chi connectivity index (χ3n) is 24.9. The summed E-state index contributed by atoms with van der Waals surface area (Å²) in [5.41, 5.74) is 11.1. The lowest BCUT2D eigenvalue weighted by Crippen LogP contribution is -2.58. The largest absolute Gasteiger partial charge is 0.395 e. The van der Waals surface area contributed by atoms with E-state index < -0.39 is 135 Å². The molecular weight excluding hydrogens is 1960 g/mol. The molecule has 0 radical (unpaired) electrons. The summed E-state index contributed by atoms with van der Waals surface area (Å²) in [7, 11) is 0. The second-order valence-corrected chi connectivity index (χ2v) is 37.7. The van der Waals surface area contributed by atoms with Gasteiger partial charge in [0.1, 0.15) is 66.9 Å². The molecule has 3 saturated heterocycles. The molecule has 0 bridgehead atoms. The zero-order valence-corrected chi connectivity index (χ0v) is 82.9. The number of hydrogen-bond acceptors (Lipinski definition) is 21. The molecule has 3 aliphatic heterocycles. The Bertz CT molecular complexity index is 6860. The molecule has 42 heteroatoms. The molecule has 0 aliphatic carbocycles. The Labute approximate surface area is 832 Å². The molecule has 12 heterocycles. The number of nitrogens with zero attached hydrogens (tertiary/aromatic N) is 18. The first kappa shape index (κ1) is 105. The highest BCUT2D eigenvalue weighted by molar-refractivity contribution is 6.37. The Kier molecular flexibility index (Phi) is 30.3. The van der Waals surface area contributed by atoms with Crippen LogP contribution in [0.3, 0.4) is 0 Å². The Balaban J connectivity index is 0.000000178. The number of nitriles is 3. The molecule has 27 nitrogen and oxygen atoms in total. The van der Waals surface area contributed by atoms with Gasteiger partial charge >= 0.3 is 0 Å². The number of aromatic nitrogens is 9. The van der Waals surface area contributed by atoms with Gasteiger partial charge in [-0.15, -0.1) is 0 Å². The molecule has 15 rings (SSSR count). The lowest BCUT2D eigenvalue weighted by molar-refractivity contribution is -0.131. The van der Waals surface area contributed by atoms with Crippen LogP contribution in [0.25, 0.3) is 83.9 Å². The Morgan fingerprint density at radius 2 is 0.596 bits per heavy atom. The zero-order valence-electron chi connectivity index (χ0n) is 78.4. The number of nitrogen functional groups attached to an aromatic ring is 3. The number of anilines is 6. The van der Waals surface area contributed by atoms with E-state index in [0.29, 0.717) is 50.8 Å². The van der Waals surface area contributed by atoms with Crippen LogP contribution in [-0.4, -0.2) is 152 Å². The number of hydrogen-bond donors (Lipinski definition) is 3. The molecule has 732 valence electrons. The Hall–Kier alpha value is -13.8. The summed E-state index contributed by atoms with van der Waals surface area (Å²) in [6, 6.07) is 12.9. The van der Waals surface area contributed by atoms with Crippen molar-refractivity contribution >= 4 is 155 Å². The molecule has 141 heavy (non-hydrogen) atoms. The number of piperazine rings is 3. The minimum absolute atomic E-state index is 0.126. The molecule has 6 atom stereocenters. The number of pyridine rings is 9. The van der Waals surface area contributed by atoms with Crippen molar-refractivity contribution in [1.29, 1.82) is 15.8 Å².